The highest BCUT2D eigenvalue weighted by atomic mass is 19.1. The van der Waals surface area contributed by atoms with E-state index in [-0.39, 0.29) is 34.8 Å². The minimum absolute atomic E-state index is 0.0786. The van der Waals surface area contributed by atoms with Gasteiger partial charge in [0.05, 0.1) is 7.11 Å². The molecule has 0 saturated heterocycles. The molecule has 1 aromatic carbocycles. The van der Waals surface area contributed by atoms with Crippen LogP contribution in [-0.4, -0.2) is 38.7 Å². The normalized spacial score (nSPS) is 13.9. The molecule has 0 spiro atoms. The second-order valence-electron chi connectivity index (χ2n) is 7.30. The maximum Gasteiger partial charge on any atom is 0.412 e. The average molecular weight is 427 g/mol. The van der Waals surface area contributed by atoms with Crippen molar-refractivity contribution in [2.75, 3.05) is 23.1 Å². The van der Waals surface area contributed by atoms with Crippen LogP contribution in [0.1, 0.15) is 19.8 Å². The second-order valence-corrected chi connectivity index (χ2v) is 7.30. The van der Waals surface area contributed by atoms with E-state index in [1.54, 1.807) is 18.2 Å². The molecular formula is C20H19F2N7O2. The van der Waals surface area contributed by atoms with E-state index in [2.05, 4.69) is 40.6 Å². The van der Waals surface area contributed by atoms with Gasteiger partial charge in [0.15, 0.2) is 5.82 Å². The molecule has 1 fully saturated rings. The van der Waals surface area contributed by atoms with Crippen LogP contribution in [0.25, 0.3) is 11.5 Å². The summed E-state index contributed by atoms with van der Waals surface area (Å²) in [4.78, 5) is 28.8. The molecule has 1 aliphatic rings. The van der Waals surface area contributed by atoms with Crippen molar-refractivity contribution < 1.29 is 18.3 Å². The molecule has 3 N–H and O–H groups in total. The van der Waals surface area contributed by atoms with Gasteiger partial charge in [-0.1, -0.05) is 6.07 Å². The number of rotatable bonds is 6. The Morgan fingerprint density at radius 3 is 2.42 bits per heavy atom. The SMILES string of the molecule is COC(=O)Nc1cccc(-c2nc(Nc3cc(F)cc(F)c3)nc(NC3(C)CC3)n2)n1. The molecule has 2 aromatic heterocycles. The highest BCUT2D eigenvalue weighted by molar-refractivity contribution is 5.83. The number of carbonyl (C=O) groups is 1. The van der Waals surface area contributed by atoms with E-state index in [0.717, 1.165) is 31.0 Å². The molecule has 2 heterocycles. The monoisotopic (exact) mass is 427 g/mol. The predicted molar refractivity (Wildman–Crippen MR) is 110 cm³/mol. The smallest absolute Gasteiger partial charge is 0.412 e. The van der Waals surface area contributed by atoms with Crippen molar-refractivity contribution in [3.05, 3.63) is 48.0 Å². The van der Waals surface area contributed by atoms with E-state index in [9.17, 15) is 13.6 Å². The summed E-state index contributed by atoms with van der Waals surface area (Å²) in [5.74, 6) is -0.648. The van der Waals surface area contributed by atoms with Gasteiger partial charge in [0.1, 0.15) is 23.1 Å². The van der Waals surface area contributed by atoms with Gasteiger partial charge in [-0.25, -0.2) is 18.6 Å². The molecule has 31 heavy (non-hydrogen) atoms. The molecule has 0 unspecified atom stereocenters. The lowest BCUT2D eigenvalue weighted by atomic mass is 10.3. The first-order chi connectivity index (χ1) is 14.8. The number of carbonyl (C=O) groups excluding carboxylic acids is 1. The molecule has 1 aliphatic carbocycles. The molecule has 1 saturated carbocycles. The minimum atomic E-state index is -0.733. The number of methoxy groups -OCH3 is 1. The fourth-order valence-electron chi connectivity index (χ4n) is 2.72. The molecule has 0 atom stereocenters. The third kappa shape index (κ3) is 5.18. The molecule has 4 rings (SSSR count). The number of nitrogens with one attached hydrogen (secondary N) is 3. The van der Waals surface area contributed by atoms with Crippen molar-refractivity contribution >= 4 is 29.5 Å². The number of pyridine rings is 1. The van der Waals surface area contributed by atoms with Crippen molar-refractivity contribution in [3.8, 4) is 11.5 Å². The zero-order chi connectivity index (χ0) is 22.0. The molecule has 3 aromatic rings. The molecule has 0 radical (unpaired) electrons. The Hall–Kier alpha value is -3.89. The van der Waals surface area contributed by atoms with Crippen LogP contribution in [0.15, 0.2) is 36.4 Å². The Morgan fingerprint density at radius 1 is 1.03 bits per heavy atom. The predicted octanol–water partition coefficient (Wildman–Crippen LogP) is 4.10. The number of hydrogen-bond acceptors (Lipinski definition) is 8. The van der Waals surface area contributed by atoms with E-state index in [1.807, 2.05) is 6.92 Å². The summed E-state index contributed by atoms with van der Waals surface area (Å²) in [7, 11) is 1.24. The van der Waals surface area contributed by atoms with Crippen LogP contribution in [-0.2, 0) is 4.74 Å². The van der Waals surface area contributed by atoms with Crippen molar-refractivity contribution in [2.45, 2.75) is 25.3 Å². The van der Waals surface area contributed by atoms with E-state index in [4.69, 9.17) is 0 Å². The lowest BCUT2D eigenvalue weighted by molar-refractivity contribution is 0.187. The maximum atomic E-state index is 13.6. The Bertz CT molecular complexity index is 1120. The van der Waals surface area contributed by atoms with E-state index < -0.39 is 17.7 Å². The van der Waals surface area contributed by atoms with Crippen LogP contribution in [0.3, 0.4) is 0 Å². The summed E-state index contributed by atoms with van der Waals surface area (Å²) in [6.45, 7) is 2.03. The lowest BCUT2D eigenvalue weighted by Gasteiger charge is -2.14. The second kappa shape index (κ2) is 8.09. The average Bonchev–Trinajstić information content (AvgIpc) is 3.43. The Labute approximate surface area is 176 Å². The highest BCUT2D eigenvalue weighted by Gasteiger charge is 2.38. The zero-order valence-electron chi connectivity index (χ0n) is 16.7. The lowest BCUT2D eigenvalue weighted by Crippen LogP contribution is -2.19. The summed E-state index contributed by atoms with van der Waals surface area (Å²) in [6.07, 6.45) is 1.26. The maximum absolute atomic E-state index is 13.6. The van der Waals surface area contributed by atoms with Gasteiger partial charge in [-0.05, 0) is 44.0 Å². The molecule has 9 nitrogen and oxygen atoms in total. The number of benzene rings is 1. The Morgan fingerprint density at radius 2 is 1.74 bits per heavy atom. The van der Waals surface area contributed by atoms with Crippen molar-refractivity contribution in [2.24, 2.45) is 0 Å². The third-order valence-electron chi connectivity index (χ3n) is 4.56. The van der Waals surface area contributed by atoms with Crippen molar-refractivity contribution in [1.82, 2.24) is 19.9 Å². The third-order valence-corrected chi connectivity index (χ3v) is 4.56. The summed E-state index contributed by atoms with van der Waals surface area (Å²) >= 11 is 0. The number of ether oxygens (including phenoxy) is 1. The van der Waals surface area contributed by atoms with Gasteiger partial charge in [0.2, 0.25) is 11.9 Å². The fraction of sp³-hybridized carbons (Fsp3) is 0.250. The van der Waals surface area contributed by atoms with Crippen molar-refractivity contribution in [1.29, 1.82) is 0 Å². The van der Waals surface area contributed by atoms with Gasteiger partial charge >= 0.3 is 6.09 Å². The van der Waals surface area contributed by atoms with E-state index in [1.165, 1.54) is 7.11 Å². The summed E-state index contributed by atoms with van der Waals surface area (Å²) in [6, 6.07) is 7.94. The fourth-order valence-corrected chi connectivity index (χ4v) is 2.72. The van der Waals surface area contributed by atoms with Gasteiger partial charge < -0.3 is 15.4 Å². The summed E-state index contributed by atoms with van der Waals surface area (Å²) in [5.41, 5.74) is 0.379. The van der Waals surface area contributed by atoms with E-state index >= 15 is 0 Å². The van der Waals surface area contributed by atoms with Crippen LogP contribution in [0.2, 0.25) is 0 Å². The standard InChI is InChI=1S/C20H19F2N7O2/c1-20(6-7-20)29-18-27-16(14-4-3-5-15(24-14)25-19(30)31-2)26-17(28-18)23-13-9-11(21)8-12(22)10-13/h3-5,8-10H,6-7H2,1-2H3,(H,24,25,30)(H2,23,26,27,28,29). The zero-order valence-corrected chi connectivity index (χ0v) is 16.7. The summed E-state index contributed by atoms with van der Waals surface area (Å²) < 4.78 is 31.7. The summed E-state index contributed by atoms with van der Waals surface area (Å²) in [5, 5.41) is 8.51. The minimum Gasteiger partial charge on any atom is -0.453 e. The number of nitrogens with zero attached hydrogens (tertiary/aromatic N) is 4. The van der Waals surface area contributed by atoms with Crippen molar-refractivity contribution in [3.63, 3.8) is 0 Å². The van der Waals surface area contributed by atoms with Crippen LogP contribution in [0.5, 0.6) is 0 Å². The van der Waals surface area contributed by atoms with E-state index in [0.29, 0.717) is 5.69 Å². The van der Waals surface area contributed by atoms with Crippen LogP contribution >= 0.6 is 0 Å². The quantitative estimate of drug-likeness (QED) is 0.539. The highest BCUT2D eigenvalue weighted by Crippen LogP contribution is 2.37. The van der Waals surface area contributed by atoms with Gasteiger partial charge in [0.25, 0.3) is 0 Å². The first-order valence-corrected chi connectivity index (χ1v) is 9.42. The number of anilines is 4. The number of halogens is 2. The number of hydrogen-bond donors (Lipinski definition) is 3. The Balaban J connectivity index is 1.69. The van der Waals surface area contributed by atoms with Gasteiger partial charge in [-0.2, -0.15) is 15.0 Å². The first-order valence-electron chi connectivity index (χ1n) is 9.42. The molecule has 1 amide bonds. The Kier molecular flexibility index (Phi) is 5.32. The van der Waals surface area contributed by atoms with Crippen LogP contribution in [0.4, 0.5) is 37.0 Å². The van der Waals surface area contributed by atoms with Crippen LogP contribution in [0, 0.1) is 11.6 Å². The molecular weight excluding hydrogens is 408 g/mol. The largest absolute Gasteiger partial charge is 0.453 e. The van der Waals surface area contributed by atoms with Crippen LogP contribution < -0.4 is 16.0 Å². The molecule has 0 aliphatic heterocycles. The number of amides is 1. The van der Waals surface area contributed by atoms with Gasteiger partial charge in [0, 0.05) is 17.3 Å². The molecule has 0 bridgehead atoms. The topological polar surface area (TPSA) is 114 Å². The molecule has 160 valence electrons. The number of aromatic nitrogens is 4. The van der Waals surface area contributed by atoms with Gasteiger partial charge in [-0.15, -0.1) is 0 Å². The van der Waals surface area contributed by atoms with Gasteiger partial charge in [-0.3, -0.25) is 5.32 Å². The first kappa shape index (κ1) is 20.4. The molecule has 11 heteroatoms.